The van der Waals surface area contributed by atoms with Gasteiger partial charge in [0.2, 0.25) is 5.91 Å². The maximum absolute atomic E-state index is 11.9. The van der Waals surface area contributed by atoms with Gasteiger partial charge in [0, 0.05) is 32.7 Å². The summed E-state index contributed by atoms with van der Waals surface area (Å²) >= 11 is 0. The third-order valence-corrected chi connectivity index (χ3v) is 3.54. The van der Waals surface area contributed by atoms with Crippen LogP contribution in [0.5, 0.6) is 0 Å². The largest absolute Gasteiger partial charge is 0.396 e. The van der Waals surface area contributed by atoms with Crippen LogP contribution in [-0.2, 0) is 4.79 Å². The van der Waals surface area contributed by atoms with Gasteiger partial charge in [-0.1, -0.05) is 6.92 Å². The van der Waals surface area contributed by atoms with Crippen molar-refractivity contribution in [1.29, 1.82) is 0 Å². The third kappa shape index (κ3) is 2.95. The Morgan fingerprint density at radius 2 is 2.19 bits per heavy atom. The Labute approximate surface area is 98.2 Å². The SMILES string of the molecule is CC(C(=O)N(C)C)N1CCCC(C)(CO)C1. The zero-order valence-electron chi connectivity index (χ0n) is 10.9. The quantitative estimate of drug-likeness (QED) is 0.767. The van der Waals surface area contributed by atoms with Crippen LogP contribution in [0.1, 0.15) is 26.7 Å². The number of likely N-dealkylation sites (N-methyl/N-ethyl adjacent to an activating group) is 1. The van der Waals surface area contributed by atoms with Crippen molar-refractivity contribution in [2.24, 2.45) is 5.41 Å². The molecule has 0 spiro atoms. The van der Waals surface area contributed by atoms with E-state index < -0.39 is 0 Å². The van der Waals surface area contributed by atoms with Gasteiger partial charge in [-0.2, -0.15) is 0 Å². The minimum absolute atomic E-state index is 0.0426. The van der Waals surface area contributed by atoms with Crippen LogP contribution >= 0.6 is 0 Å². The second-order valence-corrected chi connectivity index (χ2v) is 5.45. The summed E-state index contributed by atoms with van der Waals surface area (Å²) in [4.78, 5) is 15.7. The van der Waals surface area contributed by atoms with Gasteiger partial charge in [0.25, 0.3) is 0 Å². The molecule has 1 N–H and O–H groups in total. The summed E-state index contributed by atoms with van der Waals surface area (Å²) in [6.07, 6.45) is 2.10. The molecule has 1 aliphatic heterocycles. The van der Waals surface area contributed by atoms with Crippen molar-refractivity contribution in [2.45, 2.75) is 32.7 Å². The number of likely N-dealkylation sites (tertiary alicyclic amines) is 1. The van der Waals surface area contributed by atoms with Crippen molar-refractivity contribution in [3.63, 3.8) is 0 Å². The highest BCUT2D eigenvalue weighted by Crippen LogP contribution is 2.29. The minimum atomic E-state index is -0.0822. The van der Waals surface area contributed by atoms with Crippen molar-refractivity contribution in [3.8, 4) is 0 Å². The molecule has 1 heterocycles. The van der Waals surface area contributed by atoms with E-state index in [1.54, 1.807) is 19.0 Å². The summed E-state index contributed by atoms with van der Waals surface area (Å²) in [5.74, 6) is 0.141. The van der Waals surface area contributed by atoms with Gasteiger partial charge in [0.1, 0.15) is 0 Å². The predicted molar refractivity (Wildman–Crippen MR) is 64.2 cm³/mol. The van der Waals surface area contributed by atoms with Gasteiger partial charge >= 0.3 is 0 Å². The first-order valence-electron chi connectivity index (χ1n) is 5.96. The number of carbonyl (C=O) groups excluding carboxylic acids is 1. The highest BCUT2D eigenvalue weighted by molar-refractivity contribution is 5.80. The molecule has 0 aromatic heterocycles. The molecule has 0 bridgehead atoms. The van der Waals surface area contributed by atoms with Gasteiger partial charge < -0.3 is 10.0 Å². The summed E-state index contributed by atoms with van der Waals surface area (Å²) in [6, 6.07) is -0.0822. The van der Waals surface area contributed by atoms with E-state index in [4.69, 9.17) is 0 Å². The minimum Gasteiger partial charge on any atom is -0.396 e. The Bertz CT molecular complexity index is 255. The van der Waals surface area contributed by atoms with Gasteiger partial charge in [0.15, 0.2) is 0 Å². The molecule has 4 nitrogen and oxygen atoms in total. The van der Waals surface area contributed by atoms with E-state index in [-0.39, 0.29) is 24.0 Å². The molecule has 1 aliphatic rings. The van der Waals surface area contributed by atoms with E-state index in [2.05, 4.69) is 11.8 Å². The highest BCUT2D eigenvalue weighted by atomic mass is 16.3. The third-order valence-electron chi connectivity index (χ3n) is 3.54. The molecule has 1 saturated heterocycles. The number of rotatable bonds is 3. The fourth-order valence-corrected chi connectivity index (χ4v) is 2.35. The molecule has 94 valence electrons. The van der Waals surface area contributed by atoms with E-state index in [0.29, 0.717) is 0 Å². The van der Waals surface area contributed by atoms with Gasteiger partial charge in [-0.25, -0.2) is 0 Å². The van der Waals surface area contributed by atoms with Crippen molar-refractivity contribution in [3.05, 3.63) is 0 Å². The Morgan fingerprint density at radius 1 is 1.56 bits per heavy atom. The number of nitrogens with zero attached hydrogens (tertiary/aromatic N) is 2. The molecule has 2 unspecified atom stereocenters. The van der Waals surface area contributed by atoms with Gasteiger partial charge in [0.05, 0.1) is 6.04 Å². The van der Waals surface area contributed by atoms with E-state index in [0.717, 1.165) is 25.9 Å². The average Bonchev–Trinajstić information content (AvgIpc) is 2.27. The summed E-state index contributed by atoms with van der Waals surface area (Å²) < 4.78 is 0. The van der Waals surface area contributed by atoms with Crippen molar-refractivity contribution in [1.82, 2.24) is 9.80 Å². The van der Waals surface area contributed by atoms with E-state index in [1.165, 1.54) is 0 Å². The van der Waals surface area contributed by atoms with Crippen LogP contribution in [0.15, 0.2) is 0 Å². The summed E-state index contributed by atoms with van der Waals surface area (Å²) in [6.45, 7) is 6.00. The maximum atomic E-state index is 11.9. The lowest BCUT2D eigenvalue weighted by Gasteiger charge is -2.42. The molecule has 1 rings (SSSR count). The van der Waals surface area contributed by atoms with Crippen LogP contribution in [-0.4, -0.2) is 60.6 Å². The van der Waals surface area contributed by atoms with Crippen LogP contribution in [0.4, 0.5) is 0 Å². The smallest absolute Gasteiger partial charge is 0.239 e. The number of hydrogen-bond acceptors (Lipinski definition) is 3. The lowest BCUT2D eigenvalue weighted by Crippen LogP contribution is -2.52. The van der Waals surface area contributed by atoms with E-state index >= 15 is 0 Å². The molecule has 0 radical (unpaired) electrons. The molecule has 0 aromatic rings. The Morgan fingerprint density at radius 3 is 2.69 bits per heavy atom. The summed E-state index contributed by atoms with van der Waals surface area (Å²) in [7, 11) is 3.57. The van der Waals surface area contributed by atoms with Crippen LogP contribution in [0.25, 0.3) is 0 Å². The topological polar surface area (TPSA) is 43.8 Å². The summed E-state index contributed by atoms with van der Waals surface area (Å²) in [5, 5.41) is 9.38. The molecule has 4 heteroatoms. The van der Waals surface area contributed by atoms with Gasteiger partial charge in [-0.05, 0) is 26.3 Å². The first kappa shape index (κ1) is 13.5. The molecular weight excluding hydrogens is 204 g/mol. The van der Waals surface area contributed by atoms with E-state index in [1.807, 2.05) is 6.92 Å². The normalized spacial score (nSPS) is 28.8. The maximum Gasteiger partial charge on any atom is 0.239 e. The standard InChI is InChI=1S/C12H24N2O2/c1-10(11(16)13(3)4)14-7-5-6-12(2,8-14)9-15/h10,15H,5-9H2,1-4H3. The van der Waals surface area contributed by atoms with E-state index in [9.17, 15) is 9.90 Å². The highest BCUT2D eigenvalue weighted by Gasteiger charge is 2.34. The van der Waals surface area contributed by atoms with Crippen molar-refractivity contribution < 1.29 is 9.90 Å². The second-order valence-electron chi connectivity index (χ2n) is 5.45. The number of amides is 1. The molecule has 1 fully saturated rings. The van der Waals surface area contributed by atoms with Crippen molar-refractivity contribution in [2.75, 3.05) is 33.8 Å². The average molecular weight is 228 g/mol. The van der Waals surface area contributed by atoms with Crippen LogP contribution < -0.4 is 0 Å². The number of aliphatic hydroxyl groups excluding tert-OH is 1. The number of piperidine rings is 1. The van der Waals surface area contributed by atoms with Crippen molar-refractivity contribution >= 4 is 5.91 Å². The molecule has 1 amide bonds. The van der Waals surface area contributed by atoms with Gasteiger partial charge in [-0.15, -0.1) is 0 Å². The monoisotopic (exact) mass is 228 g/mol. The first-order valence-corrected chi connectivity index (χ1v) is 5.96. The first-order chi connectivity index (χ1) is 7.39. The van der Waals surface area contributed by atoms with Gasteiger partial charge in [-0.3, -0.25) is 9.69 Å². The second kappa shape index (κ2) is 5.15. The molecule has 16 heavy (non-hydrogen) atoms. The van der Waals surface area contributed by atoms with Crippen LogP contribution in [0.3, 0.4) is 0 Å². The Hall–Kier alpha value is -0.610. The lowest BCUT2D eigenvalue weighted by molar-refractivity contribution is -0.135. The zero-order chi connectivity index (χ0) is 12.3. The number of carbonyl (C=O) groups is 1. The predicted octanol–water partition coefficient (Wildman–Crippen LogP) is 0.557. The molecule has 0 aromatic carbocycles. The molecule has 0 saturated carbocycles. The number of aliphatic hydroxyl groups is 1. The lowest BCUT2D eigenvalue weighted by atomic mass is 9.82. The Kier molecular flexibility index (Phi) is 4.33. The molecular formula is C12H24N2O2. The molecule has 2 atom stereocenters. The fraction of sp³-hybridized carbons (Fsp3) is 0.917. The fourth-order valence-electron chi connectivity index (χ4n) is 2.35. The summed E-state index contributed by atoms with van der Waals surface area (Å²) in [5.41, 5.74) is -0.0426. The zero-order valence-corrected chi connectivity index (χ0v) is 10.9. The van der Waals surface area contributed by atoms with Crippen LogP contribution in [0, 0.1) is 5.41 Å². The number of hydrogen-bond donors (Lipinski definition) is 1. The Balaban J connectivity index is 2.63. The van der Waals surface area contributed by atoms with Crippen LogP contribution in [0.2, 0.25) is 0 Å². The molecule has 0 aliphatic carbocycles.